The van der Waals surface area contributed by atoms with Gasteiger partial charge in [0.05, 0.1) is 24.2 Å². The Morgan fingerprint density at radius 3 is 2.07 bits per heavy atom. The van der Waals surface area contributed by atoms with Gasteiger partial charge in [-0.15, -0.1) is 0 Å². The molecular weight excluding hydrogens is 348 g/mol. The van der Waals surface area contributed by atoms with Crippen molar-refractivity contribution in [3.05, 3.63) is 0 Å². The van der Waals surface area contributed by atoms with Gasteiger partial charge in [0.1, 0.15) is 11.9 Å². The van der Waals surface area contributed by atoms with Crippen LogP contribution in [0.5, 0.6) is 0 Å². The SMILES string of the molecule is CCCC1OC(=O)C(C)C(O)CC(O)C(C)CC(C)C(=O)C(C)C(O)C1C. The zero-order valence-corrected chi connectivity index (χ0v) is 17.6. The fourth-order valence-corrected chi connectivity index (χ4v) is 3.93. The third-order valence-corrected chi connectivity index (χ3v) is 6.23. The third kappa shape index (κ3) is 6.26. The van der Waals surface area contributed by atoms with E-state index in [1.54, 1.807) is 20.8 Å². The van der Waals surface area contributed by atoms with Gasteiger partial charge in [-0.3, -0.25) is 9.59 Å². The van der Waals surface area contributed by atoms with Crippen molar-refractivity contribution >= 4 is 11.8 Å². The van der Waals surface area contributed by atoms with Crippen molar-refractivity contribution in [3.63, 3.8) is 0 Å². The second kappa shape index (κ2) is 10.5. The van der Waals surface area contributed by atoms with Crippen LogP contribution in [0.4, 0.5) is 0 Å². The second-order valence-corrected chi connectivity index (χ2v) is 8.58. The summed E-state index contributed by atoms with van der Waals surface area (Å²) >= 11 is 0. The number of rotatable bonds is 2. The molecule has 0 aromatic heterocycles. The van der Waals surface area contributed by atoms with Crippen LogP contribution in [0, 0.1) is 29.6 Å². The molecule has 1 saturated heterocycles. The number of ketones is 1. The summed E-state index contributed by atoms with van der Waals surface area (Å²) < 4.78 is 5.62. The van der Waals surface area contributed by atoms with Gasteiger partial charge in [0, 0.05) is 24.2 Å². The van der Waals surface area contributed by atoms with E-state index in [9.17, 15) is 24.9 Å². The van der Waals surface area contributed by atoms with Crippen molar-refractivity contribution in [3.8, 4) is 0 Å². The largest absolute Gasteiger partial charge is 0.462 e. The van der Waals surface area contributed by atoms with E-state index in [4.69, 9.17) is 4.74 Å². The number of aliphatic hydroxyl groups excluding tert-OH is 3. The third-order valence-electron chi connectivity index (χ3n) is 6.23. The first-order valence-corrected chi connectivity index (χ1v) is 10.3. The zero-order chi connectivity index (χ0) is 20.9. The number of hydrogen-bond acceptors (Lipinski definition) is 6. The lowest BCUT2D eigenvalue weighted by Crippen LogP contribution is -2.43. The number of esters is 1. The molecule has 1 heterocycles. The molecule has 0 amide bonds. The van der Waals surface area contributed by atoms with Crippen LogP contribution in [-0.4, -0.2) is 51.5 Å². The van der Waals surface area contributed by atoms with Crippen LogP contribution in [0.3, 0.4) is 0 Å². The Morgan fingerprint density at radius 1 is 0.926 bits per heavy atom. The van der Waals surface area contributed by atoms with Crippen LogP contribution in [0.15, 0.2) is 0 Å². The lowest BCUT2D eigenvalue weighted by atomic mass is 9.79. The monoisotopic (exact) mass is 386 g/mol. The maximum Gasteiger partial charge on any atom is 0.311 e. The number of carbonyl (C=O) groups excluding carboxylic acids is 2. The van der Waals surface area contributed by atoms with Crippen molar-refractivity contribution in [2.24, 2.45) is 29.6 Å². The molecule has 0 spiro atoms. The van der Waals surface area contributed by atoms with Crippen LogP contribution >= 0.6 is 0 Å². The summed E-state index contributed by atoms with van der Waals surface area (Å²) in [6.07, 6.45) is -1.43. The highest BCUT2D eigenvalue weighted by Crippen LogP contribution is 2.29. The van der Waals surface area contributed by atoms with Gasteiger partial charge in [-0.25, -0.2) is 0 Å². The Kier molecular flexibility index (Phi) is 9.39. The molecule has 9 atom stereocenters. The Hall–Kier alpha value is -0.980. The summed E-state index contributed by atoms with van der Waals surface area (Å²) in [5.74, 6) is -2.85. The maximum atomic E-state index is 12.8. The molecule has 27 heavy (non-hydrogen) atoms. The fraction of sp³-hybridized carbons (Fsp3) is 0.905. The summed E-state index contributed by atoms with van der Waals surface area (Å²) in [5, 5.41) is 31.5. The zero-order valence-electron chi connectivity index (χ0n) is 17.6. The lowest BCUT2D eigenvalue weighted by Gasteiger charge is -2.34. The van der Waals surface area contributed by atoms with E-state index in [2.05, 4.69) is 0 Å². The minimum Gasteiger partial charge on any atom is -0.462 e. The molecule has 6 heteroatoms. The van der Waals surface area contributed by atoms with Crippen molar-refractivity contribution in [1.82, 2.24) is 0 Å². The van der Waals surface area contributed by atoms with Crippen molar-refractivity contribution in [2.75, 3.05) is 0 Å². The first-order chi connectivity index (χ1) is 12.5. The topological polar surface area (TPSA) is 104 Å². The van der Waals surface area contributed by atoms with E-state index in [0.29, 0.717) is 12.8 Å². The van der Waals surface area contributed by atoms with Crippen molar-refractivity contribution < 1.29 is 29.6 Å². The summed E-state index contributed by atoms with van der Waals surface area (Å²) in [4.78, 5) is 25.3. The summed E-state index contributed by atoms with van der Waals surface area (Å²) in [6, 6.07) is 0. The summed E-state index contributed by atoms with van der Waals surface area (Å²) in [6.45, 7) is 10.7. The van der Waals surface area contributed by atoms with Crippen molar-refractivity contribution in [2.45, 2.75) is 91.6 Å². The average molecular weight is 387 g/mol. The number of Topliss-reactive ketones (excluding diaryl/α,β-unsaturated/α-hetero) is 1. The van der Waals surface area contributed by atoms with Gasteiger partial charge in [0.25, 0.3) is 0 Å². The van der Waals surface area contributed by atoms with Crippen LogP contribution in [0.2, 0.25) is 0 Å². The number of ether oxygens (including phenoxy) is 1. The molecule has 0 aliphatic carbocycles. The van der Waals surface area contributed by atoms with Gasteiger partial charge < -0.3 is 20.1 Å². The highest BCUT2D eigenvalue weighted by Gasteiger charge is 2.38. The Bertz CT molecular complexity index is 493. The normalized spacial score (nSPS) is 43.1. The summed E-state index contributed by atoms with van der Waals surface area (Å²) in [5.41, 5.74) is 0. The van der Waals surface area contributed by atoms with E-state index >= 15 is 0 Å². The average Bonchev–Trinajstić information content (AvgIpc) is 2.63. The van der Waals surface area contributed by atoms with Crippen LogP contribution < -0.4 is 0 Å². The molecule has 158 valence electrons. The highest BCUT2D eigenvalue weighted by atomic mass is 16.5. The molecule has 0 aromatic carbocycles. The van der Waals surface area contributed by atoms with E-state index < -0.39 is 48.1 Å². The quantitative estimate of drug-likeness (QED) is 0.629. The van der Waals surface area contributed by atoms with Gasteiger partial charge in [-0.1, -0.05) is 41.0 Å². The fourth-order valence-electron chi connectivity index (χ4n) is 3.93. The predicted octanol–water partition coefficient (Wildman–Crippen LogP) is 2.32. The van der Waals surface area contributed by atoms with Gasteiger partial charge in [0.15, 0.2) is 0 Å². The minimum atomic E-state index is -1.02. The van der Waals surface area contributed by atoms with Gasteiger partial charge in [-0.05, 0) is 25.7 Å². The molecule has 1 aliphatic rings. The molecule has 0 radical (unpaired) electrons. The molecule has 0 aromatic rings. The Balaban J connectivity index is 3.16. The first kappa shape index (κ1) is 24.1. The predicted molar refractivity (Wildman–Crippen MR) is 103 cm³/mol. The second-order valence-electron chi connectivity index (χ2n) is 8.58. The molecule has 9 unspecified atom stereocenters. The molecule has 1 rings (SSSR count). The smallest absolute Gasteiger partial charge is 0.311 e. The molecule has 0 bridgehead atoms. The highest BCUT2D eigenvalue weighted by molar-refractivity contribution is 5.83. The number of carbonyl (C=O) groups is 2. The van der Waals surface area contributed by atoms with Gasteiger partial charge >= 0.3 is 5.97 Å². The maximum absolute atomic E-state index is 12.8. The van der Waals surface area contributed by atoms with E-state index in [1.165, 1.54) is 0 Å². The Morgan fingerprint density at radius 2 is 1.52 bits per heavy atom. The van der Waals surface area contributed by atoms with E-state index in [1.807, 2.05) is 20.8 Å². The molecule has 0 saturated carbocycles. The molecular formula is C21H38O6. The summed E-state index contributed by atoms with van der Waals surface area (Å²) in [7, 11) is 0. The number of aliphatic hydroxyl groups is 3. The van der Waals surface area contributed by atoms with Crippen LogP contribution in [-0.2, 0) is 14.3 Å². The number of hydrogen-bond donors (Lipinski definition) is 3. The molecule has 1 fully saturated rings. The van der Waals surface area contributed by atoms with Gasteiger partial charge in [0.2, 0.25) is 0 Å². The molecule has 6 nitrogen and oxygen atoms in total. The van der Waals surface area contributed by atoms with Gasteiger partial charge in [-0.2, -0.15) is 0 Å². The van der Waals surface area contributed by atoms with Crippen LogP contribution in [0.25, 0.3) is 0 Å². The van der Waals surface area contributed by atoms with Crippen LogP contribution in [0.1, 0.15) is 67.2 Å². The first-order valence-electron chi connectivity index (χ1n) is 10.3. The molecule has 3 N–H and O–H groups in total. The lowest BCUT2D eigenvalue weighted by molar-refractivity contribution is -0.164. The van der Waals surface area contributed by atoms with E-state index in [0.717, 1.165) is 6.42 Å². The Labute approximate surface area is 163 Å². The van der Waals surface area contributed by atoms with E-state index in [-0.39, 0.29) is 24.0 Å². The van der Waals surface area contributed by atoms with Crippen molar-refractivity contribution in [1.29, 1.82) is 0 Å². The minimum absolute atomic E-state index is 0.0547. The standard InChI is InChI=1S/C21H38O6/c1-7-8-18-14(5)20(25)15(6)19(24)12(3)9-11(2)16(22)10-17(23)13(4)21(26)27-18/h11-18,20,22-23,25H,7-10H2,1-6H3. The molecule has 1 aliphatic heterocycles. The number of cyclic esters (lactones) is 1.